The maximum absolute atomic E-state index is 8.81. The number of nitrogens with one attached hydrogen (secondary N) is 1. The van der Waals surface area contributed by atoms with E-state index in [0.29, 0.717) is 6.54 Å². The van der Waals surface area contributed by atoms with Gasteiger partial charge < -0.3 is 15.0 Å². The first-order valence-corrected chi connectivity index (χ1v) is 7.68. The average Bonchev–Trinajstić information content (AvgIpc) is 3.02. The van der Waals surface area contributed by atoms with Gasteiger partial charge >= 0.3 is 0 Å². The van der Waals surface area contributed by atoms with Gasteiger partial charge in [-0.2, -0.15) is 5.26 Å². The molecule has 0 amide bonds. The molecule has 1 aliphatic rings. The largest absolute Gasteiger partial charge is 0.379 e. The highest BCUT2D eigenvalue weighted by molar-refractivity contribution is 7.12. The molecule has 1 saturated heterocycles. The number of anilines is 2. The molecule has 1 aliphatic heterocycles. The normalized spacial score (nSPS) is 14.7. The standard InChI is InChI=1S/C15H16N4OS/c16-9-13-2-3-14(21-13)11-17-12-1-4-15(18-10-12)19-5-7-20-8-6-19/h1-4,10,17H,5-8,11H2. The van der Waals surface area contributed by atoms with Crippen molar-refractivity contribution in [3.05, 3.63) is 40.2 Å². The summed E-state index contributed by atoms with van der Waals surface area (Å²) in [6.45, 7) is 4.03. The first kappa shape index (κ1) is 13.9. The smallest absolute Gasteiger partial charge is 0.128 e. The van der Waals surface area contributed by atoms with Gasteiger partial charge in [0.1, 0.15) is 16.8 Å². The van der Waals surface area contributed by atoms with Crippen molar-refractivity contribution in [1.29, 1.82) is 5.26 Å². The number of nitriles is 1. The van der Waals surface area contributed by atoms with Crippen molar-refractivity contribution in [2.75, 3.05) is 36.5 Å². The van der Waals surface area contributed by atoms with E-state index in [0.717, 1.165) is 47.6 Å². The molecule has 5 nitrogen and oxygen atoms in total. The maximum Gasteiger partial charge on any atom is 0.128 e. The Labute approximate surface area is 127 Å². The number of morpholine rings is 1. The van der Waals surface area contributed by atoms with Gasteiger partial charge in [0.25, 0.3) is 0 Å². The van der Waals surface area contributed by atoms with E-state index in [4.69, 9.17) is 10.00 Å². The first-order chi connectivity index (χ1) is 10.3. The van der Waals surface area contributed by atoms with E-state index >= 15 is 0 Å². The van der Waals surface area contributed by atoms with Gasteiger partial charge in [-0.3, -0.25) is 0 Å². The van der Waals surface area contributed by atoms with Gasteiger partial charge in [-0.1, -0.05) is 0 Å². The van der Waals surface area contributed by atoms with Crippen LogP contribution in [-0.2, 0) is 11.3 Å². The number of ether oxygens (including phenoxy) is 1. The van der Waals surface area contributed by atoms with E-state index in [2.05, 4.69) is 21.3 Å². The SMILES string of the molecule is N#Cc1ccc(CNc2ccc(N3CCOCC3)nc2)s1. The van der Waals surface area contributed by atoms with E-state index in [-0.39, 0.29) is 0 Å². The number of rotatable bonds is 4. The third-order valence-corrected chi connectivity index (χ3v) is 4.31. The minimum Gasteiger partial charge on any atom is -0.379 e. The van der Waals surface area contributed by atoms with Crippen LogP contribution in [0.4, 0.5) is 11.5 Å². The van der Waals surface area contributed by atoms with Gasteiger partial charge in [-0.15, -0.1) is 11.3 Å². The van der Waals surface area contributed by atoms with Crippen molar-refractivity contribution in [3.63, 3.8) is 0 Å². The molecule has 21 heavy (non-hydrogen) atoms. The molecule has 1 N–H and O–H groups in total. The zero-order valence-electron chi connectivity index (χ0n) is 11.6. The Balaban J connectivity index is 1.58. The second-order valence-electron chi connectivity index (χ2n) is 4.74. The molecule has 108 valence electrons. The Morgan fingerprint density at radius 3 is 2.81 bits per heavy atom. The number of pyridine rings is 1. The van der Waals surface area contributed by atoms with Crippen LogP contribution < -0.4 is 10.2 Å². The lowest BCUT2D eigenvalue weighted by molar-refractivity contribution is 0.122. The van der Waals surface area contributed by atoms with Crippen molar-refractivity contribution in [1.82, 2.24) is 4.98 Å². The van der Waals surface area contributed by atoms with Gasteiger partial charge in [0.15, 0.2) is 0 Å². The summed E-state index contributed by atoms with van der Waals surface area (Å²) in [4.78, 5) is 8.61. The van der Waals surface area contributed by atoms with Crippen LogP contribution in [0.2, 0.25) is 0 Å². The number of thiophene rings is 1. The summed E-state index contributed by atoms with van der Waals surface area (Å²) < 4.78 is 5.34. The highest BCUT2D eigenvalue weighted by Crippen LogP contribution is 2.19. The molecule has 0 aliphatic carbocycles. The lowest BCUT2D eigenvalue weighted by Gasteiger charge is -2.27. The number of hydrogen-bond donors (Lipinski definition) is 1. The second kappa shape index (κ2) is 6.57. The molecular weight excluding hydrogens is 284 g/mol. The number of aromatic nitrogens is 1. The molecule has 3 rings (SSSR count). The van der Waals surface area contributed by atoms with E-state index in [1.807, 2.05) is 30.5 Å². The van der Waals surface area contributed by atoms with Crippen LogP contribution in [-0.4, -0.2) is 31.3 Å². The van der Waals surface area contributed by atoms with E-state index < -0.39 is 0 Å². The van der Waals surface area contributed by atoms with Gasteiger partial charge in [-0.25, -0.2) is 4.98 Å². The van der Waals surface area contributed by atoms with Gasteiger partial charge in [-0.05, 0) is 24.3 Å². The molecular formula is C15H16N4OS. The molecule has 3 heterocycles. The Morgan fingerprint density at radius 1 is 1.29 bits per heavy atom. The quantitative estimate of drug-likeness (QED) is 0.940. The summed E-state index contributed by atoms with van der Waals surface area (Å²) in [5, 5.41) is 12.1. The fourth-order valence-corrected chi connectivity index (χ4v) is 2.94. The van der Waals surface area contributed by atoms with E-state index in [9.17, 15) is 0 Å². The third-order valence-electron chi connectivity index (χ3n) is 3.32. The predicted octanol–water partition coefficient (Wildman–Crippen LogP) is 2.46. The Hall–Kier alpha value is -2.10. The van der Waals surface area contributed by atoms with Crippen molar-refractivity contribution >= 4 is 22.8 Å². The molecule has 0 saturated carbocycles. The molecule has 0 spiro atoms. The van der Waals surface area contributed by atoms with E-state index in [1.54, 1.807) is 0 Å². The van der Waals surface area contributed by atoms with Crippen LogP contribution in [0.15, 0.2) is 30.5 Å². The summed E-state index contributed by atoms with van der Waals surface area (Å²) in [7, 11) is 0. The molecule has 0 aromatic carbocycles. The Bertz CT molecular complexity index is 626. The minimum absolute atomic E-state index is 0.713. The summed E-state index contributed by atoms with van der Waals surface area (Å²) >= 11 is 1.51. The number of nitrogens with zero attached hydrogens (tertiary/aromatic N) is 3. The second-order valence-corrected chi connectivity index (χ2v) is 5.90. The van der Waals surface area contributed by atoms with Crippen LogP contribution >= 0.6 is 11.3 Å². The molecule has 0 unspecified atom stereocenters. The Morgan fingerprint density at radius 2 is 2.14 bits per heavy atom. The predicted molar refractivity (Wildman–Crippen MR) is 83.6 cm³/mol. The topological polar surface area (TPSA) is 61.2 Å². The zero-order chi connectivity index (χ0) is 14.5. The fourth-order valence-electron chi connectivity index (χ4n) is 2.19. The number of hydrogen-bond acceptors (Lipinski definition) is 6. The van der Waals surface area contributed by atoms with Crippen molar-refractivity contribution in [2.45, 2.75) is 6.54 Å². The van der Waals surface area contributed by atoms with Crippen LogP contribution in [0.1, 0.15) is 9.75 Å². The molecule has 2 aromatic rings. The third kappa shape index (κ3) is 3.51. The van der Waals surface area contributed by atoms with Crippen LogP contribution in [0.25, 0.3) is 0 Å². The lowest BCUT2D eigenvalue weighted by Crippen LogP contribution is -2.36. The minimum atomic E-state index is 0.713. The van der Waals surface area contributed by atoms with Gasteiger partial charge in [0.05, 0.1) is 25.1 Å². The summed E-state index contributed by atoms with van der Waals surface area (Å²) in [5.41, 5.74) is 0.985. The molecule has 2 aromatic heterocycles. The molecule has 1 fully saturated rings. The highest BCUT2D eigenvalue weighted by Gasteiger charge is 2.11. The Kier molecular flexibility index (Phi) is 4.34. The van der Waals surface area contributed by atoms with Gasteiger partial charge in [0.2, 0.25) is 0 Å². The lowest BCUT2D eigenvalue weighted by atomic mass is 10.3. The molecule has 0 atom stereocenters. The highest BCUT2D eigenvalue weighted by atomic mass is 32.1. The van der Waals surface area contributed by atoms with Crippen LogP contribution in [0, 0.1) is 11.3 Å². The van der Waals surface area contributed by atoms with Crippen LogP contribution in [0.5, 0.6) is 0 Å². The molecule has 6 heteroatoms. The first-order valence-electron chi connectivity index (χ1n) is 6.86. The van der Waals surface area contributed by atoms with Crippen LogP contribution in [0.3, 0.4) is 0 Å². The summed E-state index contributed by atoms with van der Waals surface area (Å²) in [6.07, 6.45) is 1.85. The molecule has 0 radical (unpaired) electrons. The van der Waals surface area contributed by atoms with Gasteiger partial charge in [0, 0.05) is 24.5 Å². The molecule has 0 bridgehead atoms. The van der Waals surface area contributed by atoms with Crippen molar-refractivity contribution < 1.29 is 4.74 Å². The summed E-state index contributed by atoms with van der Waals surface area (Å²) in [6, 6.07) is 10.0. The maximum atomic E-state index is 8.81. The summed E-state index contributed by atoms with van der Waals surface area (Å²) in [5.74, 6) is 0.992. The zero-order valence-corrected chi connectivity index (χ0v) is 12.4. The van der Waals surface area contributed by atoms with Crippen molar-refractivity contribution in [2.24, 2.45) is 0 Å². The monoisotopic (exact) mass is 300 g/mol. The average molecular weight is 300 g/mol. The van der Waals surface area contributed by atoms with Crippen molar-refractivity contribution in [3.8, 4) is 6.07 Å². The fraction of sp³-hybridized carbons (Fsp3) is 0.333. The van der Waals surface area contributed by atoms with E-state index in [1.165, 1.54) is 11.3 Å².